The number of fused-ring (bicyclic) bond motifs is 3. The van der Waals surface area contributed by atoms with E-state index in [0.29, 0.717) is 17.9 Å². The van der Waals surface area contributed by atoms with Gasteiger partial charge in [-0.3, -0.25) is 10.2 Å². The van der Waals surface area contributed by atoms with Crippen molar-refractivity contribution in [2.75, 3.05) is 31.5 Å². The van der Waals surface area contributed by atoms with Crippen molar-refractivity contribution < 1.29 is 4.74 Å². The molecule has 3 aliphatic rings. The molecule has 6 nitrogen and oxygen atoms in total. The van der Waals surface area contributed by atoms with Gasteiger partial charge in [0.2, 0.25) is 5.95 Å². The number of ether oxygens (including phenoxy) is 1. The Morgan fingerprint density at radius 3 is 2.84 bits per heavy atom. The van der Waals surface area contributed by atoms with Gasteiger partial charge in [0.25, 0.3) is 6.02 Å². The van der Waals surface area contributed by atoms with Crippen molar-refractivity contribution in [2.45, 2.75) is 18.9 Å². The van der Waals surface area contributed by atoms with Crippen molar-refractivity contribution in [3.8, 4) is 11.1 Å². The van der Waals surface area contributed by atoms with Crippen molar-refractivity contribution in [1.29, 1.82) is 0 Å². The molecule has 1 aromatic carbocycles. The second kappa shape index (κ2) is 5.52. The fourth-order valence-electron chi connectivity index (χ4n) is 4.20. The highest BCUT2D eigenvalue weighted by Gasteiger charge is 2.54. The Labute approximate surface area is 147 Å². The highest BCUT2D eigenvalue weighted by atomic mass is 16.5. The molecule has 1 spiro atoms. The molecule has 3 atom stereocenters. The number of rotatable bonds is 2. The number of benzene rings is 1. The molecule has 2 bridgehead atoms. The summed E-state index contributed by atoms with van der Waals surface area (Å²) < 4.78 is 6.20. The van der Waals surface area contributed by atoms with Crippen LogP contribution in [0, 0.1) is 12.8 Å². The van der Waals surface area contributed by atoms with Gasteiger partial charge in [-0.05, 0) is 25.5 Å². The van der Waals surface area contributed by atoms with Gasteiger partial charge in [-0.2, -0.15) is 0 Å². The highest BCUT2D eigenvalue weighted by molar-refractivity contribution is 5.88. The molecule has 1 N–H and O–H groups in total. The molecule has 0 amide bonds. The van der Waals surface area contributed by atoms with Crippen LogP contribution in [0.5, 0.6) is 0 Å². The zero-order chi connectivity index (χ0) is 16.9. The average molecular weight is 335 g/mol. The second-order valence-electron chi connectivity index (χ2n) is 7.30. The second-order valence-corrected chi connectivity index (χ2v) is 7.30. The van der Waals surface area contributed by atoms with E-state index in [9.17, 15) is 0 Å². The molecule has 0 radical (unpaired) electrons. The number of hydrogen-bond acceptors (Lipinski definition) is 6. The van der Waals surface area contributed by atoms with E-state index in [2.05, 4.69) is 50.3 Å². The molecule has 3 aliphatic heterocycles. The summed E-state index contributed by atoms with van der Waals surface area (Å²) in [4.78, 5) is 15.9. The van der Waals surface area contributed by atoms with E-state index in [1.807, 2.05) is 18.5 Å². The number of nitrogens with one attached hydrogen (secondary N) is 1. The third kappa shape index (κ3) is 2.57. The number of aromatic nitrogens is 2. The van der Waals surface area contributed by atoms with Crippen LogP contribution in [0.15, 0.2) is 41.7 Å². The number of hydrogen-bond donors (Lipinski definition) is 1. The van der Waals surface area contributed by atoms with Crippen LogP contribution in [-0.4, -0.2) is 52.7 Å². The fourth-order valence-corrected chi connectivity index (χ4v) is 4.20. The zero-order valence-corrected chi connectivity index (χ0v) is 14.3. The van der Waals surface area contributed by atoms with Crippen LogP contribution in [0.1, 0.15) is 12.0 Å². The molecule has 1 aromatic heterocycles. The quantitative estimate of drug-likeness (QED) is 0.913. The Kier molecular flexibility index (Phi) is 3.28. The topological polar surface area (TPSA) is 62.6 Å². The van der Waals surface area contributed by atoms with Gasteiger partial charge < -0.3 is 4.74 Å². The van der Waals surface area contributed by atoms with Gasteiger partial charge in [-0.15, -0.1) is 0 Å². The Morgan fingerprint density at radius 2 is 2.12 bits per heavy atom. The minimum absolute atomic E-state index is 0.123. The molecule has 0 saturated carbocycles. The van der Waals surface area contributed by atoms with Gasteiger partial charge in [-0.25, -0.2) is 15.0 Å². The maximum atomic E-state index is 6.20. The monoisotopic (exact) mass is 335 g/mol. The molecule has 2 saturated heterocycles. The van der Waals surface area contributed by atoms with E-state index in [4.69, 9.17) is 4.74 Å². The minimum Gasteiger partial charge on any atom is -0.455 e. The summed E-state index contributed by atoms with van der Waals surface area (Å²) in [6.45, 7) is 6.14. The molecule has 0 aliphatic carbocycles. The van der Waals surface area contributed by atoms with Crippen molar-refractivity contribution in [1.82, 2.24) is 14.9 Å². The first kappa shape index (κ1) is 14.8. The first-order valence-electron chi connectivity index (χ1n) is 8.82. The van der Waals surface area contributed by atoms with Gasteiger partial charge in [-0.1, -0.05) is 29.8 Å². The van der Waals surface area contributed by atoms with Gasteiger partial charge in [0, 0.05) is 37.0 Å². The van der Waals surface area contributed by atoms with Crippen molar-refractivity contribution in [2.24, 2.45) is 10.9 Å². The Balaban J connectivity index is 1.28. The van der Waals surface area contributed by atoms with Crippen LogP contribution >= 0.6 is 0 Å². The highest BCUT2D eigenvalue weighted by Crippen LogP contribution is 2.41. The van der Waals surface area contributed by atoms with E-state index >= 15 is 0 Å². The summed E-state index contributed by atoms with van der Waals surface area (Å²) in [6.07, 6.45) is 4.88. The number of nitrogens with zero attached hydrogens (tertiary/aromatic N) is 4. The van der Waals surface area contributed by atoms with Crippen LogP contribution < -0.4 is 5.32 Å². The lowest BCUT2D eigenvalue weighted by atomic mass is 9.88. The van der Waals surface area contributed by atoms with Crippen LogP contribution in [-0.2, 0) is 4.74 Å². The standard InChI is InChI=1S/C19H21N5O/c1-13-3-2-4-14(7-13)15-8-20-17(21-9-15)23-18-22-11-19(25-18)12-24-6-5-16(19)10-24/h2-4,7-9,16H,5-6,10-12H2,1H3,(H,20,21,22,23). The van der Waals surface area contributed by atoms with Crippen molar-refractivity contribution in [3.63, 3.8) is 0 Å². The number of amidine groups is 1. The first-order chi connectivity index (χ1) is 12.2. The van der Waals surface area contributed by atoms with E-state index in [-0.39, 0.29) is 5.60 Å². The lowest BCUT2D eigenvalue weighted by molar-refractivity contribution is 0.0363. The minimum atomic E-state index is -0.123. The predicted octanol–water partition coefficient (Wildman–Crippen LogP) is 2.32. The van der Waals surface area contributed by atoms with Crippen LogP contribution in [0.25, 0.3) is 11.1 Å². The average Bonchev–Trinajstić information content (AvgIpc) is 3.32. The van der Waals surface area contributed by atoms with Crippen LogP contribution in [0.2, 0.25) is 0 Å². The lowest BCUT2D eigenvalue weighted by Crippen LogP contribution is -2.46. The summed E-state index contributed by atoms with van der Waals surface area (Å²) in [5.74, 6) is 1.12. The van der Waals surface area contributed by atoms with E-state index < -0.39 is 0 Å². The van der Waals surface area contributed by atoms with Crippen molar-refractivity contribution in [3.05, 3.63) is 42.2 Å². The van der Waals surface area contributed by atoms with E-state index in [1.54, 1.807) is 0 Å². The molecule has 4 heterocycles. The molecule has 3 unspecified atom stereocenters. The summed E-state index contributed by atoms with van der Waals surface area (Å²) >= 11 is 0. The normalized spacial score (nSPS) is 29.7. The number of aliphatic imine (C=N–C) groups is 1. The molecular weight excluding hydrogens is 314 g/mol. The van der Waals surface area contributed by atoms with Crippen LogP contribution in [0.4, 0.5) is 5.95 Å². The Bertz CT molecular complexity index is 834. The third-order valence-corrected chi connectivity index (χ3v) is 5.52. The van der Waals surface area contributed by atoms with Crippen molar-refractivity contribution >= 4 is 12.0 Å². The SMILES string of the molecule is Cc1cccc(-c2cnc(NC3=NCC4(CN5CCC4C5)O3)nc2)c1. The maximum Gasteiger partial charge on any atom is 0.292 e. The maximum absolute atomic E-state index is 6.20. The number of piperidine rings is 1. The molecular formula is C19H21N5O. The van der Waals surface area contributed by atoms with E-state index in [0.717, 1.165) is 30.8 Å². The Hall–Kier alpha value is -2.47. The van der Waals surface area contributed by atoms with E-state index in [1.165, 1.54) is 18.5 Å². The van der Waals surface area contributed by atoms with Crippen LogP contribution in [0.3, 0.4) is 0 Å². The summed E-state index contributed by atoms with van der Waals surface area (Å²) in [5, 5.41) is 3.13. The third-order valence-electron chi connectivity index (χ3n) is 5.52. The summed E-state index contributed by atoms with van der Waals surface area (Å²) in [7, 11) is 0. The molecule has 128 valence electrons. The smallest absolute Gasteiger partial charge is 0.292 e. The molecule has 2 aromatic rings. The molecule has 6 heteroatoms. The zero-order valence-electron chi connectivity index (χ0n) is 14.3. The predicted molar refractivity (Wildman–Crippen MR) is 96.5 cm³/mol. The molecule has 5 rings (SSSR count). The first-order valence-corrected chi connectivity index (χ1v) is 8.82. The summed E-state index contributed by atoms with van der Waals surface area (Å²) in [5.41, 5.74) is 3.22. The van der Waals surface area contributed by atoms with Gasteiger partial charge in [0.1, 0.15) is 5.60 Å². The summed E-state index contributed by atoms with van der Waals surface area (Å²) in [6, 6.07) is 8.87. The van der Waals surface area contributed by atoms with Gasteiger partial charge in [0.05, 0.1) is 6.54 Å². The lowest BCUT2D eigenvalue weighted by Gasteiger charge is -2.32. The van der Waals surface area contributed by atoms with Gasteiger partial charge in [0.15, 0.2) is 0 Å². The molecule has 2 fully saturated rings. The van der Waals surface area contributed by atoms with Gasteiger partial charge >= 0.3 is 0 Å². The number of anilines is 1. The largest absolute Gasteiger partial charge is 0.455 e. The fraction of sp³-hybridized carbons (Fsp3) is 0.421. The molecule has 25 heavy (non-hydrogen) atoms. The number of aryl methyl sites for hydroxylation is 1. The Morgan fingerprint density at radius 1 is 1.24 bits per heavy atom.